The van der Waals surface area contributed by atoms with E-state index in [1.807, 2.05) is 5.48 Å². The van der Waals surface area contributed by atoms with Gasteiger partial charge in [0.2, 0.25) is 5.91 Å². The number of rotatable bonds is 7. The van der Waals surface area contributed by atoms with E-state index in [9.17, 15) is 15.0 Å². The Labute approximate surface area is 87.2 Å². The molecule has 0 aliphatic rings. The molecule has 7 heteroatoms. The molecule has 0 fully saturated rings. The normalized spacial score (nSPS) is 16.9. The molecule has 7 nitrogen and oxygen atoms in total. The van der Waals surface area contributed by atoms with Crippen molar-refractivity contribution in [2.24, 2.45) is 0 Å². The van der Waals surface area contributed by atoms with Gasteiger partial charge < -0.3 is 20.4 Å². The molecule has 0 radical (unpaired) electrons. The predicted octanol–water partition coefficient (Wildman–Crippen LogP) is -2.48. The second-order valence-electron chi connectivity index (χ2n) is 3.10. The Morgan fingerprint density at radius 3 is 2.40 bits per heavy atom. The van der Waals surface area contributed by atoms with Gasteiger partial charge in [-0.3, -0.25) is 9.63 Å². The standard InChI is InChI=1S/C8H17NO6/c1-5(11)9-15-3-2-6(12)8(14)7(13)4-10/h6-8,10,12-14H,2-4H2,1H3,(H,9,11)/t6-,7-,8+/m1/s1. The Morgan fingerprint density at radius 2 is 1.93 bits per heavy atom. The molecule has 0 aliphatic heterocycles. The number of hydrogen-bond acceptors (Lipinski definition) is 6. The summed E-state index contributed by atoms with van der Waals surface area (Å²) in [5, 5.41) is 35.9. The minimum atomic E-state index is -1.43. The number of aliphatic hydroxyl groups is 4. The number of aliphatic hydroxyl groups excluding tert-OH is 4. The predicted molar refractivity (Wildman–Crippen MR) is 49.5 cm³/mol. The van der Waals surface area contributed by atoms with E-state index in [0.29, 0.717) is 0 Å². The maximum Gasteiger partial charge on any atom is 0.240 e. The van der Waals surface area contributed by atoms with E-state index in [0.717, 1.165) is 0 Å². The molecule has 90 valence electrons. The van der Waals surface area contributed by atoms with Gasteiger partial charge in [-0.05, 0) is 0 Å². The van der Waals surface area contributed by atoms with Crippen LogP contribution in [-0.2, 0) is 9.63 Å². The summed E-state index contributed by atoms with van der Waals surface area (Å²) in [5.74, 6) is -0.375. The van der Waals surface area contributed by atoms with Gasteiger partial charge in [0.15, 0.2) is 0 Å². The van der Waals surface area contributed by atoms with E-state index < -0.39 is 24.9 Å². The van der Waals surface area contributed by atoms with Crippen LogP contribution in [0.1, 0.15) is 13.3 Å². The fraction of sp³-hybridized carbons (Fsp3) is 0.875. The van der Waals surface area contributed by atoms with Gasteiger partial charge in [0.25, 0.3) is 0 Å². The zero-order valence-corrected chi connectivity index (χ0v) is 8.46. The largest absolute Gasteiger partial charge is 0.394 e. The maximum absolute atomic E-state index is 10.4. The molecule has 0 heterocycles. The highest BCUT2D eigenvalue weighted by atomic mass is 16.6. The lowest BCUT2D eigenvalue weighted by molar-refractivity contribution is -0.133. The molecule has 0 unspecified atom stereocenters. The zero-order chi connectivity index (χ0) is 11.8. The molecule has 0 saturated heterocycles. The van der Waals surface area contributed by atoms with Gasteiger partial charge in [-0.15, -0.1) is 0 Å². The number of nitrogens with one attached hydrogen (secondary N) is 1. The second kappa shape index (κ2) is 7.55. The minimum Gasteiger partial charge on any atom is -0.394 e. The van der Waals surface area contributed by atoms with Crippen molar-refractivity contribution in [2.75, 3.05) is 13.2 Å². The molecule has 0 aliphatic carbocycles. The summed E-state index contributed by atoms with van der Waals surface area (Å²) in [6.45, 7) is 0.627. The van der Waals surface area contributed by atoms with E-state index in [-0.39, 0.29) is 18.9 Å². The highest BCUT2D eigenvalue weighted by Crippen LogP contribution is 2.03. The molecule has 0 aromatic rings. The highest BCUT2D eigenvalue weighted by Gasteiger charge is 2.23. The molecule has 3 atom stereocenters. The van der Waals surface area contributed by atoms with Crippen molar-refractivity contribution in [3.63, 3.8) is 0 Å². The smallest absolute Gasteiger partial charge is 0.240 e. The van der Waals surface area contributed by atoms with Gasteiger partial charge in [-0.2, -0.15) is 0 Å². The third kappa shape index (κ3) is 6.37. The molecular weight excluding hydrogens is 206 g/mol. The Bertz CT molecular complexity index is 188. The Hall–Kier alpha value is -0.730. The van der Waals surface area contributed by atoms with E-state index in [1.54, 1.807) is 0 Å². The zero-order valence-electron chi connectivity index (χ0n) is 8.46. The molecular formula is C8H17NO6. The summed E-state index contributed by atoms with van der Waals surface area (Å²) in [4.78, 5) is 15.0. The van der Waals surface area contributed by atoms with Crippen LogP contribution < -0.4 is 5.48 Å². The van der Waals surface area contributed by atoms with E-state index in [4.69, 9.17) is 10.2 Å². The van der Waals surface area contributed by atoms with Crippen molar-refractivity contribution in [1.29, 1.82) is 0 Å². The Morgan fingerprint density at radius 1 is 1.33 bits per heavy atom. The Kier molecular flexibility index (Phi) is 7.18. The van der Waals surface area contributed by atoms with Crippen LogP contribution in [0.4, 0.5) is 0 Å². The fourth-order valence-electron chi connectivity index (χ4n) is 0.868. The lowest BCUT2D eigenvalue weighted by Gasteiger charge is -2.21. The highest BCUT2D eigenvalue weighted by molar-refractivity contribution is 5.71. The molecule has 0 rings (SSSR count). The van der Waals surface area contributed by atoms with Crippen molar-refractivity contribution in [2.45, 2.75) is 31.7 Å². The molecule has 15 heavy (non-hydrogen) atoms. The third-order valence-electron chi connectivity index (χ3n) is 1.71. The topological polar surface area (TPSA) is 119 Å². The van der Waals surface area contributed by atoms with Gasteiger partial charge in [0, 0.05) is 13.3 Å². The van der Waals surface area contributed by atoms with E-state index in [1.165, 1.54) is 6.92 Å². The van der Waals surface area contributed by atoms with Crippen LogP contribution >= 0.6 is 0 Å². The molecule has 0 aromatic heterocycles. The SMILES string of the molecule is CC(=O)NOCC[C@@H](O)[C@H](O)[C@H](O)CO. The summed E-state index contributed by atoms with van der Waals surface area (Å²) in [6.07, 6.45) is -4.02. The van der Waals surface area contributed by atoms with Crippen molar-refractivity contribution in [3.05, 3.63) is 0 Å². The van der Waals surface area contributed by atoms with Crippen LogP contribution in [0.3, 0.4) is 0 Å². The van der Waals surface area contributed by atoms with Crippen molar-refractivity contribution in [3.8, 4) is 0 Å². The van der Waals surface area contributed by atoms with E-state index in [2.05, 4.69) is 4.84 Å². The van der Waals surface area contributed by atoms with Gasteiger partial charge in [0.05, 0.1) is 19.3 Å². The second-order valence-corrected chi connectivity index (χ2v) is 3.10. The summed E-state index contributed by atoms with van der Waals surface area (Å²) >= 11 is 0. The maximum atomic E-state index is 10.4. The molecule has 5 N–H and O–H groups in total. The number of carbonyl (C=O) groups excluding carboxylic acids is 1. The molecule has 1 amide bonds. The van der Waals surface area contributed by atoms with Crippen molar-refractivity contribution >= 4 is 5.91 Å². The summed E-state index contributed by atoms with van der Waals surface area (Å²) < 4.78 is 0. The third-order valence-corrected chi connectivity index (χ3v) is 1.71. The molecule has 0 aromatic carbocycles. The van der Waals surface area contributed by atoms with Gasteiger partial charge in [-0.1, -0.05) is 0 Å². The summed E-state index contributed by atoms with van der Waals surface area (Å²) in [6, 6.07) is 0. The van der Waals surface area contributed by atoms with Crippen molar-refractivity contribution in [1.82, 2.24) is 5.48 Å². The summed E-state index contributed by atoms with van der Waals surface area (Å²) in [7, 11) is 0. The molecule has 0 spiro atoms. The first-order valence-corrected chi connectivity index (χ1v) is 4.52. The summed E-state index contributed by atoms with van der Waals surface area (Å²) in [5.41, 5.74) is 2.04. The first kappa shape index (κ1) is 14.3. The average molecular weight is 223 g/mol. The number of amides is 1. The lowest BCUT2D eigenvalue weighted by atomic mass is 10.1. The molecule has 0 bridgehead atoms. The monoisotopic (exact) mass is 223 g/mol. The Balaban J connectivity index is 3.64. The quantitative estimate of drug-likeness (QED) is 0.241. The van der Waals surface area contributed by atoms with Crippen LogP contribution in [0.5, 0.6) is 0 Å². The van der Waals surface area contributed by atoms with Crippen LogP contribution in [-0.4, -0.2) is 57.9 Å². The van der Waals surface area contributed by atoms with Crippen LogP contribution in [0.25, 0.3) is 0 Å². The van der Waals surface area contributed by atoms with Crippen molar-refractivity contribution < 1.29 is 30.1 Å². The van der Waals surface area contributed by atoms with Gasteiger partial charge >= 0.3 is 0 Å². The van der Waals surface area contributed by atoms with Crippen LogP contribution in [0.2, 0.25) is 0 Å². The van der Waals surface area contributed by atoms with Gasteiger partial charge in [-0.25, -0.2) is 5.48 Å². The molecule has 0 saturated carbocycles. The number of hydrogen-bond donors (Lipinski definition) is 5. The lowest BCUT2D eigenvalue weighted by Crippen LogP contribution is -2.40. The number of hydroxylamine groups is 1. The minimum absolute atomic E-state index is 0.00401. The first-order valence-electron chi connectivity index (χ1n) is 4.52. The van der Waals surface area contributed by atoms with Gasteiger partial charge in [0.1, 0.15) is 12.2 Å². The average Bonchev–Trinajstić information content (AvgIpc) is 2.21. The van der Waals surface area contributed by atoms with Crippen LogP contribution in [0.15, 0.2) is 0 Å². The van der Waals surface area contributed by atoms with Crippen LogP contribution in [0, 0.1) is 0 Å². The fourth-order valence-corrected chi connectivity index (χ4v) is 0.868. The number of carbonyl (C=O) groups is 1. The first-order chi connectivity index (χ1) is 6.99. The van der Waals surface area contributed by atoms with E-state index >= 15 is 0 Å².